The third-order valence-corrected chi connectivity index (χ3v) is 2.41. The van der Waals surface area contributed by atoms with Gasteiger partial charge in [-0.2, -0.15) is 0 Å². The maximum atomic E-state index is 9.92. The van der Waals surface area contributed by atoms with Crippen molar-refractivity contribution in [1.82, 2.24) is 0 Å². The molecule has 1 aromatic carbocycles. The van der Waals surface area contributed by atoms with E-state index >= 15 is 0 Å². The number of hydrogen-bond donors (Lipinski definition) is 2. The molecule has 3 heteroatoms. The smallest absolute Gasteiger partial charge is 0.105 e. The Bertz CT molecular complexity index is 288. The zero-order chi connectivity index (χ0) is 10.6. The third-order valence-electron chi connectivity index (χ3n) is 2.41. The minimum Gasteiger partial charge on any atom is -0.386 e. The molecule has 3 nitrogen and oxygen atoms in total. The zero-order valence-corrected chi connectivity index (χ0v) is 8.60. The molecule has 0 fully saturated rings. The minimum absolute atomic E-state index is 0.220. The summed E-state index contributed by atoms with van der Waals surface area (Å²) < 4.78 is 5.08. The van der Waals surface area contributed by atoms with Crippen molar-refractivity contribution in [3.05, 3.63) is 35.4 Å². The van der Waals surface area contributed by atoms with Crippen LogP contribution in [0.2, 0.25) is 0 Å². The summed E-state index contributed by atoms with van der Waals surface area (Å²) >= 11 is 0. The molecule has 0 saturated heterocycles. The standard InChI is InChI=1S/C11H17NO2/c1-8(14-2)11(13)10-6-4-3-5-9(10)7-12/h3-6,8,11,13H,7,12H2,1-2H3/t8-,11-/m1/s1. The van der Waals surface area contributed by atoms with E-state index in [1.54, 1.807) is 7.11 Å². The molecule has 78 valence electrons. The molecule has 0 bridgehead atoms. The Balaban J connectivity index is 2.93. The molecule has 0 heterocycles. The molecule has 0 aliphatic heterocycles. The van der Waals surface area contributed by atoms with E-state index in [4.69, 9.17) is 10.5 Å². The molecule has 0 radical (unpaired) electrons. The molecule has 0 unspecified atom stereocenters. The van der Waals surface area contributed by atoms with Crippen molar-refractivity contribution in [2.24, 2.45) is 5.73 Å². The van der Waals surface area contributed by atoms with E-state index in [1.807, 2.05) is 31.2 Å². The van der Waals surface area contributed by atoms with Gasteiger partial charge in [-0.05, 0) is 18.1 Å². The van der Waals surface area contributed by atoms with Crippen molar-refractivity contribution >= 4 is 0 Å². The van der Waals surface area contributed by atoms with Crippen LogP contribution in [0.15, 0.2) is 24.3 Å². The molecule has 0 saturated carbocycles. The van der Waals surface area contributed by atoms with Gasteiger partial charge in [0.25, 0.3) is 0 Å². The quantitative estimate of drug-likeness (QED) is 0.759. The summed E-state index contributed by atoms with van der Waals surface area (Å²) in [5.74, 6) is 0. The van der Waals surface area contributed by atoms with Crippen LogP contribution in [-0.4, -0.2) is 18.3 Å². The number of rotatable bonds is 4. The molecule has 0 aliphatic rings. The zero-order valence-electron chi connectivity index (χ0n) is 8.60. The molecule has 1 rings (SSSR count). The van der Waals surface area contributed by atoms with Crippen molar-refractivity contribution in [3.63, 3.8) is 0 Å². The second-order valence-corrected chi connectivity index (χ2v) is 3.29. The molecular formula is C11H17NO2. The predicted octanol–water partition coefficient (Wildman–Crippen LogP) is 1.21. The largest absolute Gasteiger partial charge is 0.386 e. The lowest BCUT2D eigenvalue weighted by molar-refractivity contribution is -0.00184. The van der Waals surface area contributed by atoms with Crippen molar-refractivity contribution in [1.29, 1.82) is 0 Å². The summed E-state index contributed by atoms with van der Waals surface area (Å²) in [4.78, 5) is 0. The SMILES string of the molecule is CO[C@H](C)[C@@H](O)c1ccccc1CN. The Morgan fingerprint density at radius 3 is 2.64 bits per heavy atom. The van der Waals surface area contributed by atoms with Crippen LogP contribution in [-0.2, 0) is 11.3 Å². The first kappa shape index (κ1) is 11.2. The Morgan fingerprint density at radius 2 is 2.07 bits per heavy atom. The van der Waals surface area contributed by atoms with Gasteiger partial charge >= 0.3 is 0 Å². The van der Waals surface area contributed by atoms with E-state index < -0.39 is 6.10 Å². The van der Waals surface area contributed by atoms with Gasteiger partial charge in [-0.25, -0.2) is 0 Å². The van der Waals surface area contributed by atoms with Crippen molar-refractivity contribution in [2.75, 3.05) is 7.11 Å². The molecule has 0 spiro atoms. The number of benzene rings is 1. The average Bonchev–Trinajstić information content (AvgIpc) is 2.26. The fraction of sp³-hybridized carbons (Fsp3) is 0.455. The molecule has 14 heavy (non-hydrogen) atoms. The summed E-state index contributed by atoms with van der Waals surface area (Å²) in [7, 11) is 1.58. The number of hydrogen-bond acceptors (Lipinski definition) is 3. The number of ether oxygens (including phenoxy) is 1. The van der Waals surface area contributed by atoms with Crippen LogP contribution in [0, 0.1) is 0 Å². The second kappa shape index (κ2) is 5.10. The van der Waals surface area contributed by atoms with Gasteiger partial charge in [0.1, 0.15) is 6.10 Å². The van der Waals surface area contributed by atoms with Gasteiger partial charge in [0.15, 0.2) is 0 Å². The van der Waals surface area contributed by atoms with Crippen molar-refractivity contribution in [2.45, 2.75) is 25.7 Å². The van der Waals surface area contributed by atoms with Crippen molar-refractivity contribution in [3.8, 4) is 0 Å². The van der Waals surface area contributed by atoms with E-state index in [-0.39, 0.29) is 6.10 Å². The predicted molar refractivity (Wildman–Crippen MR) is 55.8 cm³/mol. The molecule has 0 amide bonds. The van der Waals surface area contributed by atoms with Crippen LogP contribution in [0.1, 0.15) is 24.2 Å². The summed E-state index contributed by atoms with van der Waals surface area (Å²) in [6.07, 6.45) is -0.831. The van der Waals surface area contributed by atoms with E-state index in [2.05, 4.69) is 0 Å². The maximum absolute atomic E-state index is 9.92. The lowest BCUT2D eigenvalue weighted by atomic mass is 9.99. The van der Waals surface area contributed by atoms with E-state index in [1.165, 1.54) is 0 Å². The molecule has 0 aliphatic carbocycles. The van der Waals surface area contributed by atoms with E-state index in [0.29, 0.717) is 6.54 Å². The van der Waals surface area contributed by atoms with Crippen molar-refractivity contribution < 1.29 is 9.84 Å². The van der Waals surface area contributed by atoms with Gasteiger partial charge in [-0.15, -0.1) is 0 Å². The number of methoxy groups -OCH3 is 1. The monoisotopic (exact) mass is 195 g/mol. The first-order valence-corrected chi connectivity index (χ1v) is 4.69. The summed E-state index contributed by atoms with van der Waals surface area (Å²) in [6.45, 7) is 2.27. The first-order valence-electron chi connectivity index (χ1n) is 4.69. The highest BCUT2D eigenvalue weighted by molar-refractivity contribution is 5.29. The van der Waals surface area contributed by atoms with Crippen LogP contribution in [0.3, 0.4) is 0 Å². The van der Waals surface area contributed by atoms with Gasteiger partial charge in [0, 0.05) is 13.7 Å². The Labute approximate surface area is 84.5 Å². The second-order valence-electron chi connectivity index (χ2n) is 3.29. The molecular weight excluding hydrogens is 178 g/mol. The normalized spacial score (nSPS) is 15.1. The van der Waals surface area contributed by atoms with E-state index in [9.17, 15) is 5.11 Å². The topological polar surface area (TPSA) is 55.5 Å². The fourth-order valence-electron chi connectivity index (χ4n) is 1.39. The lowest BCUT2D eigenvalue weighted by Crippen LogP contribution is -2.19. The highest BCUT2D eigenvalue weighted by Gasteiger charge is 2.17. The van der Waals surface area contributed by atoms with Crippen LogP contribution in [0.25, 0.3) is 0 Å². The van der Waals surface area contributed by atoms with Crippen LogP contribution < -0.4 is 5.73 Å². The Hall–Kier alpha value is -0.900. The Morgan fingerprint density at radius 1 is 1.43 bits per heavy atom. The van der Waals surface area contributed by atoms with Gasteiger partial charge in [0.05, 0.1) is 6.10 Å². The van der Waals surface area contributed by atoms with E-state index in [0.717, 1.165) is 11.1 Å². The molecule has 3 N–H and O–H groups in total. The fourth-order valence-corrected chi connectivity index (χ4v) is 1.39. The average molecular weight is 195 g/mol. The first-order chi connectivity index (χ1) is 6.70. The van der Waals surface area contributed by atoms with Gasteiger partial charge in [-0.3, -0.25) is 0 Å². The number of nitrogens with two attached hydrogens (primary N) is 1. The van der Waals surface area contributed by atoms with Gasteiger partial charge in [-0.1, -0.05) is 24.3 Å². The van der Waals surface area contributed by atoms with Crippen LogP contribution >= 0.6 is 0 Å². The van der Waals surface area contributed by atoms with Gasteiger partial charge < -0.3 is 15.6 Å². The summed E-state index contributed by atoms with van der Waals surface area (Å²) in [5.41, 5.74) is 7.39. The maximum Gasteiger partial charge on any atom is 0.105 e. The Kier molecular flexibility index (Phi) is 4.07. The van der Waals surface area contributed by atoms with Crippen LogP contribution in [0.4, 0.5) is 0 Å². The molecule has 0 aromatic heterocycles. The molecule has 2 atom stereocenters. The lowest BCUT2D eigenvalue weighted by Gasteiger charge is -2.19. The van der Waals surface area contributed by atoms with Gasteiger partial charge in [0.2, 0.25) is 0 Å². The highest BCUT2D eigenvalue weighted by atomic mass is 16.5. The molecule has 1 aromatic rings. The highest BCUT2D eigenvalue weighted by Crippen LogP contribution is 2.21. The van der Waals surface area contributed by atoms with Crippen LogP contribution in [0.5, 0.6) is 0 Å². The third kappa shape index (κ3) is 2.32. The summed E-state index contributed by atoms with van der Waals surface area (Å²) in [6, 6.07) is 7.60. The minimum atomic E-state index is -0.611. The summed E-state index contributed by atoms with van der Waals surface area (Å²) in [5, 5.41) is 9.92. The number of aliphatic hydroxyl groups is 1. The number of aliphatic hydroxyl groups excluding tert-OH is 1.